The molecule has 3 heterocycles. The minimum Gasteiger partial charge on any atom is -0.497 e. The van der Waals surface area contributed by atoms with Crippen LogP contribution in [0, 0.1) is 31.1 Å². The van der Waals surface area contributed by atoms with E-state index in [-0.39, 0.29) is 5.41 Å². The molecule has 0 spiro atoms. The summed E-state index contributed by atoms with van der Waals surface area (Å²) in [6.07, 6.45) is 6.37. The van der Waals surface area contributed by atoms with Gasteiger partial charge in [-0.3, -0.25) is 0 Å². The molecule has 7 rings (SSSR count). The first-order valence-corrected chi connectivity index (χ1v) is 12.1. The van der Waals surface area contributed by atoms with Gasteiger partial charge in [0.2, 0.25) is 5.95 Å². The highest BCUT2D eigenvalue weighted by Crippen LogP contribution is 2.74. The van der Waals surface area contributed by atoms with Crippen molar-refractivity contribution in [1.82, 2.24) is 15.3 Å². The summed E-state index contributed by atoms with van der Waals surface area (Å²) in [5, 5.41) is 3.98. The Labute approximate surface area is 184 Å². The first-order chi connectivity index (χ1) is 15.1. The third-order valence-electron chi connectivity index (χ3n) is 9.75. The van der Waals surface area contributed by atoms with Crippen LogP contribution in [-0.2, 0) is 11.8 Å². The number of fused-ring (bicyclic) bond motifs is 1. The number of methoxy groups -OCH3 is 1. The highest BCUT2D eigenvalue weighted by molar-refractivity contribution is 5.53. The van der Waals surface area contributed by atoms with Crippen LogP contribution in [0.1, 0.15) is 48.2 Å². The largest absolute Gasteiger partial charge is 0.497 e. The molecular formula is C26H32N4O. The van der Waals surface area contributed by atoms with Crippen LogP contribution in [0.25, 0.3) is 0 Å². The summed E-state index contributed by atoms with van der Waals surface area (Å²) in [5.41, 5.74) is 6.01. The summed E-state index contributed by atoms with van der Waals surface area (Å²) in [6.45, 7) is 6.45. The van der Waals surface area contributed by atoms with Crippen LogP contribution in [-0.4, -0.2) is 42.3 Å². The Morgan fingerprint density at radius 3 is 2.77 bits per heavy atom. The Morgan fingerprint density at radius 1 is 1.13 bits per heavy atom. The summed E-state index contributed by atoms with van der Waals surface area (Å²) < 4.78 is 5.72. The molecule has 2 aliphatic heterocycles. The molecule has 0 amide bonds. The van der Waals surface area contributed by atoms with Crippen LogP contribution >= 0.6 is 0 Å². The lowest BCUT2D eigenvalue weighted by molar-refractivity contribution is -0.0264. The van der Waals surface area contributed by atoms with Crippen molar-refractivity contribution < 1.29 is 4.74 Å². The summed E-state index contributed by atoms with van der Waals surface area (Å²) >= 11 is 0. The molecule has 1 N–H and O–H groups in total. The molecule has 2 unspecified atom stereocenters. The zero-order valence-corrected chi connectivity index (χ0v) is 18.8. The number of hydrogen-bond acceptors (Lipinski definition) is 5. The van der Waals surface area contributed by atoms with Gasteiger partial charge in [0.05, 0.1) is 7.11 Å². The number of ether oxygens (including phenoxy) is 1. The van der Waals surface area contributed by atoms with Crippen LogP contribution in [0.5, 0.6) is 5.75 Å². The van der Waals surface area contributed by atoms with E-state index in [1.165, 1.54) is 32.1 Å². The second-order valence-corrected chi connectivity index (χ2v) is 10.8. The Kier molecular flexibility index (Phi) is 3.57. The number of piperidine rings is 1. The number of anilines is 1. The monoisotopic (exact) mass is 416 g/mol. The van der Waals surface area contributed by atoms with E-state index in [0.717, 1.165) is 42.1 Å². The van der Waals surface area contributed by atoms with Gasteiger partial charge in [0.25, 0.3) is 0 Å². The molecule has 2 saturated carbocycles. The molecule has 5 heteroatoms. The highest BCUT2D eigenvalue weighted by atomic mass is 16.5. The van der Waals surface area contributed by atoms with E-state index in [0.29, 0.717) is 23.4 Å². The third-order valence-corrected chi connectivity index (χ3v) is 9.75. The Hall–Kier alpha value is -2.14. The van der Waals surface area contributed by atoms with Crippen molar-refractivity contribution >= 4 is 5.95 Å². The predicted molar refractivity (Wildman–Crippen MR) is 121 cm³/mol. The first kappa shape index (κ1) is 18.4. The van der Waals surface area contributed by atoms with E-state index in [4.69, 9.17) is 14.7 Å². The average molecular weight is 417 g/mol. The van der Waals surface area contributed by atoms with E-state index in [2.05, 4.69) is 48.3 Å². The Bertz CT molecular complexity index is 1060. The summed E-state index contributed by atoms with van der Waals surface area (Å²) in [6, 6.07) is 10.2. The van der Waals surface area contributed by atoms with Gasteiger partial charge in [0.15, 0.2) is 0 Å². The quantitative estimate of drug-likeness (QED) is 0.811. The van der Waals surface area contributed by atoms with Crippen molar-refractivity contribution in [1.29, 1.82) is 0 Å². The number of hydrogen-bond donors (Lipinski definition) is 1. The van der Waals surface area contributed by atoms with Gasteiger partial charge < -0.3 is 15.0 Å². The second kappa shape index (κ2) is 6.00. The Morgan fingerprint density at radius 2 is 1.97 bits per heavy atom. The number of nitrogens with one attached hydrogen (secondary N) is 1. The summed E-state index contributed by atoms with van der Waals surface area (Å²) in [7, 11) is 1.81. The lowest BCUT2D eigenvalue weighted by Gasteiger charge is -2.64. The maximum Gasteiger partial charge on any atom is 0.226 e. The lowest BCUT2D eigenvalue weighted by atomic mass is 9.44. The van der Waals surface area contributed by atoms with Gasteiger partial charge >= 0.3 is 0 Å². The van der Waals surface area contributed by atoms with Crippen LogP contribution < -0.4 is 15.0 Å². The molecule has 162 valence electrons. The van der Waals surface area contributed by atoms with E-state index >= 15 is 0 Å². The van der Waals surface area contributed by atoms with Crippen LogP contribution in [0.15, 0.2) is 24.3 Å². The number of aryl methyl sites for hydroxylation is 2. The fourth-order valence-corrected chi connectivity index (χ4v) is 9.07. The van der Waals surface area contributed by atoms with Crippen LogP contribution in [0.3, 0.4) is 0 Å². The SMILES string of the molecule is COc1ccc2c(c1)[C@]13CCN[C@H](C2)[C@]12CCC1C3[C@@H](CN1c1nc(C)cc(C)n1)C2. The van der Waals surface area contributed by atoms with Crippen molar-refractivity contribution in [2.45, 2.75) is 63.5 Å². The van der Waals surface area contributed by atoms with Crippen molar-refractivity contribution in [3.8, 4) is 5.75 Å². The molecule has 1 aromatic heterocycles. The number of benzene rings is 1. The zero-order chi connectivity index (χ0) is 21.0. The molecule has 3 aliphatic carbocycles. The molecule has 2 aromatic rings. The molecule has 5 nitrogen and oxygen atoms in total. The van der Waals surface area contributed by atoms with Gasteiger partial charge in [-0.1, -0.05) is 6.07 Å². The van der Waals surface area contributed by atoms with Gasteiger partial charge in [-0.25, -0.2) is 9.97 Å². The van der Waals surface area contributed by atoms with Gasteiger partial charge in [0.1, 0.15) is 5.75 Å². The minimum absolute atomic E-state index is 0.270. The summed E-state index contributed by atoms with van der Waals surface area (Å²) in [5.74, 6) is 3.41. The second-order valence-electron chi connectivity index (χ2n) is 10.8. The minimum atomic E-state index is 0.270. The fourth-order valence-electron chi connectivity index (χ4n) is 9.07. The smallest absolute Gasteiger partial charge is 0.226 e. The normalized spacial score (nSPS) is 39.3. The van der Waals surface area contributed by atoms with Gasteiger partial charge in [-0.05, 0) is 99.1 Å². The molecule has 5 aliphatic rings. The van der Waals surface area contributed by atoms with Crippen molar-refractivity contribution in [3.63, 3.8) is 0 Å². The zero-order valence-electron chi connectivity index (χ0n) is 18.8. The highest BCUT2D eigenvalue weighted by Gasteiger charge is 2.75. The molecule has 6 atom stereocenters. The standard InChI is InChI=1S/C26H32N4O/c1-15-10-16(2)29-24(28-15)30-14-18-13-25-7-6-21(30)23(18)26(25)8-9-27-22(25)11-17-4-5-19(31-3)12-20(17)26/h4-5,10,12,18,21-23,27H,6-9,11,13-14H2,1-3H3/t18-,21?,22-,23?,25-,26+/m1/s1. The van der Waals surface area contributed by atoms with Crippen LogP contribution in [0.2, 0.25) is 0 Å². The van der Waals surface area contributed by atoms with Gasteiger partial charge in [0, 0.05) is 35.4 Å². The molecule has 4 fully saturated rings. The molecular weight excluding hydrogens is 384 g/mol. The van der Waals surface area contributed by atoms with Crippen molar-refractivity contribution in [2.75, 3.05) is 25.1 Å². The topological polar surface area (TPSA) is 50.3 Å². The molecule has 0 radical (unpaired) electrons. The molecule has 31 heavy (non-hydrogen) atoms. The molecule has 1 aromatic carbocycles. The van der Waals surface area contributed by atoms with Gasteiger partial charge in [-0.15, -0.1) is 0 Å². The first-order valence-electron chi connectivity index (χ1n) is 12.1. The van der Waals surface area contributed by atoms with Crippen molar-refractivity contribution in [2.24, 2.45) is 17.3 Å². The maximum atomic E-state index is 5.72. The Balaban J connectivity index is 1.40. The number of nitrogens with zero attached hydrogens (tertiary/aromatic N) is 3. The average Bonchev–Trinajstić information content (AvgIpc) is 3.19. The maximum absolute atomic E-state index is 5.72. The van der Waals surface area contributed by atoms with E-state index in [9.17, 15) is 0 Å². The lowest BCUT2D eigenvalue weighted by Crippen LogP contribution is -2.69. The van der Waals surface area contributed by atoms with E-state index in [1.807, 2.05) is 7.11 Å². The van der Waals surface area contributed by atoms with Gasteiger partial charge in [-0.2, -0.15) is 0 Å². The number of aromatic nitrogens is 2. The predicted octanol–water partition coefficient (Wildman–Crippen LogP) is 3.56. The fraction of sp³-hybridized carbons (Fsp3) is 0.615. The van der Waals surface area contributed by atoms with Crippen molar-refractivity contribution in [3.05, 3.63) is 46.8 Å². The van der Waals surface area contributed by atoms with E-state index in [1.54, 1.807) is 11.1 Å². The number of rotatable bonds is 2. The van der Waals surface area contributed by atoms with Crippen LogP contribution in [0.4, 0.5) is 5.95 Å². The molecule has 2 saturated heterocycles. The third kappa shape index (κ3) is 2.11. The van der Waals surface area contributed by atoms with E-state index < -0.39 is 0 Å². The summed E-state index contributed by atoms with van der Waals surface area (Å²) in [4.78, 5) is 12.4. The molecule has 4 bridgehead atoms.